The summed E-state index contributed by atoms with van der Waals surface area (Å²) in [5.41, 5.74) is 1.49. The first-order chi connectivity index (χ1) is 8.76. The van der Waals surface area contributed by atoms with E-state index in [0.29, 0.717) is 17.9 Å². The van der Waals surface area contributed by atoms with Crippen molar-refractivity contribution >= 4 is 11.6 Å². The van der Waals surface area contributed by atoms with E-state index < -0.39 is 0 Å². The number of fused-ring (bicyclic) bond motifs is 1. The topological polar surface area (TPSA) is 55.0 Å². The lowest BCUT2D eigenvalue weighted by Gasteiger charge is -2.10. The van der Waals surface area contributed by atoms with Crippen molar-refractivity contribution in [3.05, 3.63) is 57.8 Å². The molecule has 1 aromatic carbocycles. The number of nitrogens with zero attached hydrogens (tertiary/aromatic N) is 1. The Kier molecular flexibility index (Phi) is 2.80. The molecule has 0 aliphatic carbocycles. The molecule has 2 heterocycles. The molecule has 0 radical (unpaired) electrons. The van der Waals surface area contributed by atoms with Gasteiger partial charge in [-0.15, -0.1) is 11.6 Å². The second kappa shape index (κ2) is 4.46. The zero-order valence-corrected chi connectivity index (χ0v) is 10.3. The van der Waals surface area contributed by atoms with Gasteiger partial charge in [-0.1, -0.05) is 18.2 Å². The minimum Gasteiger partial charge on any atom is -0.482 e. The van der Waals surface area contributed by atoms with Crippen LogP contribution in [0.25, 0.3) is 0 Å². The Balaban J connectivity index is 1.95. The van der Waals surface area contributed by atoms with Crippen molar-refractivity contribution in [3.8, 4) is 5.75 Å². The van der Waals surface area contributed by atoms with Gasteiger partial charge in [-0.3, -0.25) is 4.79 Å². The van der Waals surface area contributed by atoms with Gasteiger partial charge in [0.05, 0.1) is 11.6 Å². The molecule has 1 unspecified atom stereocenters. The van der Waals surface area contributed by atoms with Crippen molar-refractivity contribution < 1.29 is 4.74 Å². The molecule has 1 aliphatic heterocycles. The number of rotatable bonds is 2. The van der Waals surface area contributed by atoms with Gasteiger partial charge in [0.1, 0.15) is 5.75 Å². The summed E-state index contributed by atoms with van der Waals surface area (Å²) in [7, 11) is 0. The molecule has 18 heavy (non-hydrogen) atoms. The van der Waals surface area contributed by atoms with Gasteiger partial charge in [0, 0.05) is 12.5 Å². The van der Waals surface area contributed by atoms with Crippen LogP contribution in [0.1, 0.15) is 23.2 Å². The van der Waals surface area contributed by atoms with Gasteiger partial charge >= 0.3 is 0 Å². The summed E-state index contributed by atoms with van der Waals surface area (Å²) in [6.07, 6.45) is 0.475. The van der Waals surface area contributed by atoms with Crippen molar-refractivity contribution in [3.63, 3.8) is 0 Å². The maximum atomic E-state index is 11.5. The maximum Gasteiger partial charge on any atom is 0.251 e. The molecule has 0 fully saturated rings. The largest absolute Gasteiger partial charge is 0.482 e. The van der Waals surface area contributed by atoms with E-state index in [4.69, 9.17) is 16.3 Å². The van der Waals surface area contributed by atoms with E-state index in [9.17, 15) is 4.79 Å². The molecule has 1 aromatic heterocycles. The Morgan fingerprint density at radius 1 is 1.44 bits per heavy atom. The molecule has 1 atom stereocenters. The second-order valence-corrected chi connectivity index (χ2v) is 4.44. The summed E-state index contributed by atoms with van der Waals surface area (Å²) in [5.74, 6) is 1.60. The fraction of sp³-hybridized carbons (Fsp3) is 0.231. The summed E-state index contributed by atoms with van der Waals surface area (Å²) in [6, 6.07) is 9.22. The van der Waals surface area contributed by atoms with E-state index in [1.165, 1.54) is 6.07 Å². The SMILES string of the molecule is O=c1cc(CCl)nc(C2Cc3ccccc3O2)[nH]1. The quantitative estimate of drug-likeness (QED) is 0.844. The standard InChI is InChI=1S/C13H11ClN2O2/c14-7-9-6-12(17)16-13(15-9)11-5-8-3-1-2-4-10(8)18-11/h1-4,6,11H,5,7H2,(H,15,16,17). The van der Waals surface area contributed by atoms with Crippen molar-refractivity contribution in [2.24, 2.45) is 0 Å². The van der Waals surface area contributed by atoms with Crippen LogP contribution in [0.5, 0.6) is 5.75 Å². The molecule has 0 amide bonds. The van der Waals surface area contributed by atoms with Gasteiger partial charge in [0.15, 0.2) is 11.9 Å². The van der Waals surface area contributed by atoms with E-state index in [2.05, 4.69) is 9.97 Å². The average molecular weight is 263 g/mol. The Hall–Kier alpha value is -1.81. The minimum atomic E-state index is -0.238. The number of nitrogens with one attached hydrogen (secondary N) is 1. The number of aromatic nitrogens is 2. The summed E-state index contributed by atoms with van der Waals surface area (Å²) >= 11 is 5.71. The van der Waals surface area contributed by atoms with E-state index in [1.807, 2.05) is 24.3 Å². The fourth-order valence-electron chi connectivity index (χ4n) is 2.08. The normalized spacial score (nSPS) is 17.3. The highest BCUT2D eigenvalue weighted by Gasteiger charge is 2.26. The molecule has 0 spiro atoms. The van der Waals surface area contributed by atoms with Gasteiger partial charge < -0.3 is 9.72 Å². The van der Waals surface area contributed by atoms with Crippen LogP contribution in [0.2, 0.25) is 0 Å². The third kappa shape index (κ3) is 1.99. The first-order valence-corrected chi connectivity index (χ1v) is 6.20. The number of ether oxygens (including phenoxy) is 1. The smallest absolute Gasteiger partial charge is 0.251 e. The van der Waals surface area contributed by atoms with Crippen LogP contribution < -0.4 is 10.3 Å². The summed E-state index contributed by atoms with van der Waals surface area (Å²) in [5, 5.41) is 0. The zero-order valence-electron chi connectivity index (χ0n) is 9.52. The lowest BCUT2D eigenvalue weighted by atomic mass is 10.1. The molecular weight excluding hydrogens is 252 g/mol. The number of halogens is 1. The van der Waals surface area contributed by atoms with Crippen molar-refractivity contribution in [2.75, 3.05) is 0 Å². The Bertz CT molecular complexity index is 614. The second-order valence-electron chi connectivity index (χ2n) is 4.17. The highest BCUT2D eigenvalue weighted by molar-refractivity contribution is 6.16. The highest BCUT2D eigenvalue weighted by Crippen LogP contribution is 2.34. The number of hydrogen-bond acceptors (Lipinski definition) is 3. The predicted molar refractivity (Wildman–Crippen MR) is 67.9 cm³/mol. The van der Waals surface area contributed by atoms with Crippen LogP contribution in [0.4, 0.5) is 0 Å². The fourth-order valence-corrected chi connectivity index (χ4v) is 2.22. The number of benzene rings is 1. The zero-order chi connectivity index (χ0) is 12.5. The molecule has 1 N–H and O–H groups in total. The Labute approximate surface area is 109 Å². The molecule has 2 aromatic rings. The molecular formula is C13H11ClN2O2. The lowest BCUT2D eigenvalue weighted by Crippen LogP contribution is -2.17. The van der Waals surface area contributed by atoms with Crippen LogP contribution in [-0.2, 0) is 12.3 Å². The Morgan fingerprint density at radius 2 is 2.28 bits per heavy atom. The van der Waals surface area contributed by atoms with E-state index in [1.54, 1.807) is 0 Å². The molecule has 5 heteroatoms. The molecule has 1 aliphatic rings. The molecule has 3 rings (SSSR count). The van der Waals surface area contributed by atoms with Gasteiger partial charge in [0.2, 0.25) is 0 Å². The molecule has 92 valence electrons. The molecule has 4 nitrogen and oxygen atoms in total. The predicted octanol–water partition coefficient (Wildman–Crippen LogP) is 2.18. The minimum absolute atomic E-state index is 0.199. The maximum absolute atomic E-state index is 11.5. The summed E-state index contributed by atoms with van der Waals surface area (Å²) < 4.78 is 5.77. The van der Waals surface area contributed by atoms with Crippen LogP contribution >= 0.6 is 11.6 Å². The van der Waals surface area contributed by atoms with Crippen molar-refractivity contribution in [1.82, 2.24) is 9.97 Å². The number of alkyl halides is 1. The summed E-state index contributed by atoms with van der Waals surface area (Å²) in [6.45, 7) is 0. The number of aromatic amines is 1. The highest BCUT2D eigenvalue weighted by atomic mass is 35.5. The molecule has 0 bridgehead atoms. The van der Waals surface area contributed by atoms with Crippen molar-refractivity contribution in [1.29, 1.82) is 0 Å². The third-order valence-corrected chi connectivity index (χ3v) is 3.18. The third-order valence-electron chi connectivity index (χ3n) is 2.90. The first kappa shape index (κ1) is 11.3. The number of H-pyrrole nitrogens is 1. The van der Waals surface area contributed by atoms with Gasteiger partial charge in [-0.25, -0.2) is 4.98 Å². The van der Waals surface area contributed by atoms with Gasteiger partial charge in [-0.2, -0.15) is 0 Å². The lowest BCUT2D eigenvalue weighted by molar-refractivity contribution is 0.227. The van der Waals surface area contributed by atoms with Crippen LogP contribution in [0, 0.1) is 0 Å². The monoisotopic (exact) mass is 262 g/mol. The molecule has 0 saturated carbocycles. The van der Waals surface area contributed by atoms with E-state index in [0.717, 1.165) is 11.3 Å². The van der Waals surface area contributed by atoms with E-state index >= 15 is 0 Å². The van der Waals surface area contributed by atoms with E-state index in [-0.39, 0.29) is 17.5 Å². The first-order valence-electron chi connectivity index (χ1n) is 5.67. The number of para-hydroxylation sites is 1. The average Bonchev–Trinajstić information content (AvgIpc) is 2.81. The Morgan fingerprint density at radius 3 is 3.06 bits per heavy atom. The van der Waals surface area contributed by atoms with Crippen LogP contribution in [0.15, 0.2) is 35.1 Å². The number of hydrogen-bond donors (Lipinski definition) is 1. The van der Waals surface area contributed by atoms with Crippen molar-refractivity contribution in [2.45, 2.75) is 18.4 Å². The van der Waals surface area contributed by atoms with Crippen LogP contribution in [0.3, 0.4) is 0 Å². The van der Waals surface area contributed by atoms with Gasteiger partial charge in [0.25, 0.3) is 5.56 Å². The summed E-state index contributed by atoms with van der Waals surface area (Å²) in [4.78, 5) is 18.5. The van der Waals surface area contributed by atoms with Crippen LogP contribution in [-0.4, -0.2) is 9.97 Å². The molecule has 0 saturated heterocycles. The van der Waals surface area contributed by atoms with Gasteiger partial charge in [-0.05, 0) is 11.6 Å².